The summed E-state index contributed by atoms with van der Waals surface area (Å²) in [6.45, 7) is 4.35. The molecule has 4 nitrogen and oxygen atoms in total. The maximum absolute atomic E-state index is 11.1. The van der Waals surface area contributed by atoms with E-state index >= 15 is 0 Å². The van der Waals surface area contributed by atoms with Crippen molar-refractivity contribution in [3.05, 3.63) is 0 Å². The molecular weight excluding hydrogens is 220 g/mol. The molecule has 0 radical (unpaired) electrons. The number of hydrogen-bond acceptors (Lipinski definition) is 4. The van der Waals surface area contributed by atoms with Crippen molar-refractivity contribution in [2.75, 3.05) is 20.3 Å². The van der Waals surface area contributed by atoms with E-state index in [-0.39, 0.29) is 37.4 Å². The topological polar surface area (TPSA) is 66.8 Å². The molecule has 3 atom stereocenters. The minimum Gasteiger partial charge on any atom is -0.469 e. The molecule has 0 aromatic carbocycles. The Morgan fingerprint density at radius 2 is 1.76 bits per heavy atom. The van der Waals surface area contributed by atoms with E-state index < -0.39 is 0 Å². The molecule has 0 aliphatic carbocycles. The van der Waals surface area contributed by atoms with Crippen molar-refractivity contribution in [2.45, 2.75) is 39.5 Å². The minimum atomic E-state index is -0.302. The predicted octanol–water partition coefficient (Wildman–Crippen LogP) is 1.59. The Bertz CT molecular complexity index is 206. The highest BCUT2D eigenvalue weighted by Crippen LogP contribution is 2.23. The molecule has 0 amide bonds. The minimum absolute atomic E-state index is 0.0356. The van der Waals surface area contributed by atoms with Crippen LogP contribution in [0.5, 0.6) is 0 Å². The first kappa shape index (κ1) is 16.4. The monoisotopic (exact) mass is 246 g/mol. The number of ether oxygens (including phenoxy) is 1. The standard InChI is InChI=1S/C13H26O4/c1-4-10(2)5-11(8-14)6-12(9-15)7-13(16)17-3/h10-12,14-15H,4-9H2,1-3H3. The van der Waals surface area contributed by atoms with Crippen molar-refractivity contribution in [3.8, 4) is 0 Å². The van der Waals surface area contributed by atoms with Gasteiger partial charge in [0.25, 0.3) is 0 Å². The molecule has 0 aromatic rings. The quantitative estimate of drug-likeness (QED) is 0.606. The fourth-order valence-electron chi connectivity index (χ4n) is 1.99. The third-order valence-corrected chi connectivity index (χ3v) is 3.30. The zero-order valence-electron chi connectivity index (χ0n) is 11.2. The Balaban J connectivity index is 4.16. The lowest BCUT2D eigenvalue weighted by Crippen LogP contribution is -2.20. The summed E-state index contributed by atoms with van der Waals surface area (Å²) in [6, 6.07) is 0. The van der Waals surface area contributed by atoms with Crippen LogP contribution in [-0.4, -0.2) is 36.5 Å². The smallest absolute Gasteiger partial charge is 0.305 e. The van der Waals surface area contributed by atoms with Crippen LogP contribution in [0.4, 0.5) is 0 Å². The Morgan fingerprint density at radius 3 is 2.18 bits per heavy atom. The summed E-state index contributed by atoms with van der Waals surface area (Å²) < 4.78 is 4.59. The van der Waals surface area contributed by atoms with Gasteiger partial charge in [-0.25, -0.2) is 0 Å². The first-order valence-corrected chi connectivity index (χ1v) is 6.35. The van der Waals surface area contributed by atoms with Gasteiger partial charge in [0.2, 0.25) is 0 Å². The molecule has 0 rings (SSSR count). The second kappa shape index (κ2) is 9.42. The predicted molar refractivity (Wildman–Crippen MR) is 66.5 cm³/mol. The summed E-state index contributed by atoms with van der Waals surface area (Å²) in [5.74, 6) is 0.310. The zero-order chi connectivity index (χ0) is 13.3. The second-order valence-electron chi connectivity index (χ2n) is 4.86. The van der Waals surface area contributed by atoms with E-state index in [0.29, 0.717) is 12.3 Å². The van der Waals surface area contributed by atoms with E-state index in [9.17, 15) is 15.0 Å². The van der Waals surface area contributed by atoms with Gasteiger partial charge in [-0.15, -0.1) is 0 Å². The third-order valence-electron chi connectivity index (χ3n) is 3.30. The molecule has 0 fully saturated rings. The van der Waals surface area contributed by atoms with E-state index in [4.69, 9.17) is 0 Å². The molecule has 0 heterocycles. The van der Waals surface area contributed by atoms with Crippen LogP contribution in [0.1, 0.15) is 39.5 Å². The highest BCUT2D eigenvalue weighted by molar-refractivity contribution is 5.69. The van der Waals surface area contributed by atoms with E-state index in [0.717, 1.165) is 12.8 Å². The van der Waals surface area contributed by atoms with Gasteiger partial charge in [-0.1, -0.05) is 20.3 Å². The van der Waals surface area contributed by atoms with Crippen LogP contribution in [0, 0.1) is 17.8 Å². The van der Waals surface area contributed by atoms with E-state index in [2.05, 4.69) is 18.6 Å². The summed E-state index contributed by atoms with van der Waals surface area (Å²) >= 11 is 0. The van der Waals surface area contributed by atoms with Gasteiger partial charge >= 0.3 is 5.97 Å². The SMILES string of the molecule is CCC(C)CC(CO)CC(CO)CC(=O)OC. The van der Waals surface area contributed by atoms with Crippen LogP contribution in [0.25, 0.3) is 0 Å². The summed E-state index contributed by atoms with van der Waals surface area (Å²) in [6.07, 6.45) is 2.92. The molecule has 4 heteroatoms. The first-order valence-electron chi connectivity index (χ1n) is 6.35. The van der Waals surface area contributed by atoms with Gasteiger partial charge in [0.1, 0.15) is 0 Å². The number of carbonyl (C=O) groups is 1. The van der Waals surface area contributed by atoms with Crippen LogP contribution in [-0.2, 0) is 9.53 Å². The molecular formula is C13H26O4. The van der Waals surface area contributed by atoms with E-state index in [1.807, 2.05) is 0 Å². The lowest BCUT2D eigenvalue weighted by Gasteiger charge is -2.22. The van der Waals surface area contributed by atoms with Gasteiger partial charge in [-0.3, -0.25) is 4.79 Å². The summed E-state index contributed by atoms with van der Waals surface area (Å²) in [4.78, 5) is 11.1. The second-order valence-corrected chi connectivity index (χ2v) is 4.86. The third kappa shape index (κ3) is 7.34. The van der Waals surface area contributed by atoms with E-state index in [1.165, 1.54) is 7.11 Å². The lowest BCUT2D eigenvalue weighted by molar-refractivity contribution is -0.142. The van der Waals surface area contributed by atoms with E-state index in [1.54, 1.807) is 0 Å². The Labute approximate surface area is 104 Å². The molecule has 3 unspecified atom stereocenters. The van der Waals surface area contributed by atoms with Gasteiger partial charge in [-0.2, -0.15) is 0 Å². The van der Waals surface area contributed by atoms with Crippen LogP contribution in [0.3, 0.4) is 0 Å². The molecule has 102 valence electrons. The fourth-order valence-corrected chi connectivity index (χ4v) is 1.99. The molecule has 0 bridgehead atoms. The molecule has 17 heavy (non-hydrogen) atoms. The van der Waals surface area contributed by atoms with Crippen LogP contribution in [0.15, 0.2) is 0 Å². The molecule has 0 saturated heterocycles. The largest absolute Gasteiger partial charge is 0.469 e. The zero-order valence-corrected chi connectivity index (χ0v) is 11.2. The highest BCUT2D eigenvalue weighted by atomic mass is 16.5. The van der Waals surface area contributed by atoms with Gasteiger partial charge in [0.05, 0.1) is 13.5 Å². The first-order chi connectivity index (χ1) is 8.07. The molecule has 0 aliphatic heterocycles. The number of hydrogen-bond donors (Lipinski definition) is 2. The number of aliphatic hydroxyl groups excluding tert-OH is 2. The molecule has 2 N–H and O–H groups in total. The normalized spacial score (nSPS) is 16.3. The van der Waals surface area contributed by atoms with Crippen LogP contribution < -0.4 is 0 Å². The average Bonchev–Trinajstić information content (AvgIpc) is 2.36. The Hall–Kier alpha value is -0.610. The summed E-state index contributed by atoms with van der Waals surface area (Å²) in [7, 11) is 1.35. The molecule has 0 spiro atoms. The van der Waals surface area contributed by atoms with Gasteiger partial charge in [-0.05, 0) is 30.6 Å². The Kier molecular flexibility index (Phi) is 9.09. The van der Waals surface area contributed by atoms with Crippen molar-refractivity contribution in [1.82, 2.24) is 0 Å². The fraction of sp³-hybridized carbons (Fsp3) is 0.923. The number of carbonyl (C=O) groups excluding carboxylic acids is 1. The number of esters is 1. The van der Waals surface area contributed by atoms with Crippen molar-refractivity contribution < 1.29 is 19.7 Å². The maximum Gasteiger partial charge on any atom is 0.305 e. The van der Waals surface area contributed by atoms with Gasteiger partial charge in [0.15, 0.2) is 0 Å². The number of aliphatic hydroxyl groups is 2. The average molecular weight is 246 g/mol. The number of methoxy groups -OCH3 is 1. The van der Waals surface area contributed by atoms with Crippen LogP contribution in [0.2, 0.25) is 0 Å². The van der Waals surface area contributed by atoms with Crippen molar-refractivity contribution in [3.63, 3.8) is 0 Å². The molecule has 0 aliphatic rings. The van der Waals surface area contributed by atoms with Crippen LogP contribution >= 0.6 is 0 Å². The summed E-state index contributed by atoms with van der Waals surface area (Å²) in [5.41, 5.74) is 0. The van der Waals surface area contributed by atoms with Crippen molar-refractivity contribution in [2.24, 2.45) is 17.8 Å². The van der Waals surface area contributed by atoms with Crippen molar-refractivity contribution in [1.29, 1.82) is 0 Å². The summed E-state index contributed by atoms with van der Waals surface area (Å²) in [5, 5.41) is 18.5. The lowest BCUT2D eigenvalue weighted by atomic mass is 9.86. The molecule has 0 aromatic heterocycles. The maximum atomic E-state index is 11.1. The number of rotatable bonds is 9. The van der Waals surface area contributed by atoms with Gasteiger partial charge in [0, 0.05) is 13.2 Å². The van der Waals surface area contributed by atoms with Crippen molar-refractivity contribution >= 4 is 5.97 Å². The van der Waals surface area contributed by atoms with Gasteiger partial charge < -0.3 is 14.9 Å². The Morgan fingerprint density at radius 1 is 1.18 bits per heavy atom. The highest BCUT2D eigenvalue weighted by Gasteiger charge is 2.20. The molecule has 0 saturated carbocycles.